The number of amidine groups is 1. The van der Waals surface area contributed by atoms with Crippen LogP contribution in [0.25, 0.3) is 0 Å². The summed E-state index contributed by atoms with van der Waals surface area (Å²) in [5.74, 6) is 3.29. The van der Waals surface area contributed by atoms with Crippen molar-refractivity contribution in [3.8, 4) is 12.3 Å². The summed E-state index contributed by atoms with van der Waals surface area (Å²) in [6, 6.07) is 0.623. The zero-order valence-electron chi connectivity index (χ0n) is 20.6. The van der Waals surface area contributed by atoms with E-state index < -0.39 is 0 Å². The third kappa shape index (κ3) is 13.2. The maximum Gasteiger partial charge on any atom is 0.142 e. The lowest BCUT2D eigenvalue weighted by molar-refractivity contribution is 0.152. The van der Waals surface area contributed by atoms with Crippen LogP contribution in [0.4, 0.5) is 0 Å². The number of nitrogens with two attached hydrogens (primary N) is 1. The van der Waals surface area contributed by atoms with Gasteiger partial charge in [-0.25, -0.2) is 0 Å². The third-order valence-electron chi connectivity index (χ3n) is 5.17. The van der Waals surface area contributed by atoms with Gasteiger partial charge >= 0.3 is 0 Å². The Morgan fingerprint density at radius 3 is 2.59 bits per heavy atom. The van der Waals surface area contributed by atoms with Crippen molar-refractivity contribution in [2.24, 2.45) is 16.8 Å². The Morgan fingerprint density at radius 2 is 2.06 bits per heavy atom. The second-order valence-electron chi connectivity index (χ2n) is 8.02. The zero-order chi connectivity index (χ0) is 24.4. The van der Waals surface area contributed by atoms with E-state index in [2.05, 4.69) is 48.9 Å². The van der Waals surface area contributed by atoms with E-state index >= 15 is 0 Å². The molecule has 178 valence electrons. The van der Waals surface area contributed by atoms with E-state index in [1.54, 1.807) is 6.92 Å². The Bertz CT molecular complexity index is 730. The van der Waals surface area contributed by atoms with E-state index in [1.807, 2.05) is 44.2 Å². The fourth-order valence-electron chi connectivity index (χ4n) is 3.04. The number of likely N-dealkylation sites (tertiary alicyclic amines) is 1. The lowest BCUT2D eigenvalue weighted by Gasteiger charge is -2.34. The monoisotopic (exact) mass is 459 g/mol. The molecule has 0 aromatic heterocycles. The van der Waals surface area contributed by atoms with Crippen LogP contribution >= 0.6 is 11.6 Å². The highest BCUT2D eigenvalue weighted by atomic mass is 35.5. The number of hydrogen-bond acceptors (Lipinski definition) is 3. The van der Waals surface area contributed by atoms with Crippen LogP contribution in [0, 0.1) is 18.3 Å². The van der Waals surface area contributed by atoms with Gasteiger partial charge in [0.1, 0.15) is 12.4 Å². The number of piperidine rings is 1. The summed E-state index contributed by atoms with van der Waals surface area (Å²) in [6.07, 6.45) is 20.6. The van der Waals surface area contributed by atoms with E-state index in [9.17, 15) is 0 Å². The first-order chi connectivity index (χ1) is 15.3. The Morgan fingerprint density at radius 1 is 1.44 bits per heavy atom. The first kappa shape index (κ1) is 29.8. The maximum absolute atomic E-state index is 5.98. The second kappa shape index (κ2) is 18.4. The minimum absolute atomic E-state index is 0.380. The summed E-state index contributed by atoms with van der Waals surface area (Å²) >= 11 is 5.97. The second-order valence-corrected chi connectivity index (χ2v) is 8.43. The fourth-order valence-corrected chi connectivity index (χ4v) is 3.27. The highest BCUT2D eigenvalue weighted by molar-refractivity contribution is 6.32. The summed E-state index contributed by atoms with van der Waals surface area (Å²) in [5.41, 5.74) is 8.30. The van der Waals surface area contributed by atoms with Crippen molar-refractivity contribution in [1.82, 2.24) is 4.90 Å². The number of nitrogens with zero attached hydrogens (tertiary/aromatic N) is 2. The molecule has 5 heteroatoms. The lowest BCUT2D eigenvalue weighted by atomic mass is 9.95. The van der Waals surface area contributed by atoms with Crippen LogP contribution in [0.1, 0.15) is 60.3 Å². The quantitative estimate of drug-likeness (QED) is 0.154. The van der Waals surface area contributed by atoms with Gasteiger partial charge < -0.3 is 15.5 Å². The number of terminal acetylenes is 1. The number of oxime groups is 1. The summed E-state index contributed by atoms with van der Waals surface area (Å²) in [6.45, 7) is 16.5. The van der Waals surface area contributed by atoms with E-state index in [0.717, 1.165) is 49.4 Å². The van der Waals surface area contributed by atoms with Crippen molar-refractivity contribution >= 4 is 17.4 Å². The van der Waals surface area contributed by atoms with Gasteiger partial charge in [-0.2, -0.15) is 0 Å². The van der Waals surface area contributed by atoms with Crippen molar-refractivity contribution in [2.45, 2.75) is 66.3 Å². The molecule has 2 N–H and O–H groups in total. The molecule has 4 nitrogen and oxygen atoms in total. The fraction of sp³-hybridized carbons (Fsp3) is 0.519. The zero-order valence-corrected chi connectivity index (χ0v) is 21.4. The SMILES string of the molecule is C#CC.C/C=C(\C)CO/N=C(\N)C1CCN(C(C)C)CC1.C=CCC1=CC=CCC=C1Cl. The molecule has 1 fully saturated rings. The number of hydrogen-bond donors (Lipinski definition) is 1. The van der Waals surface area contributed by atoms with Gasteiger partial charge in [-0.3, -0.25) is 0 Å². The Hall–Kier alpha value is -2.22. The average Bonchev–Trinajstić information content (AvgIpc) is 2.99. The smallest absolute Gasteiger partial charge is 0.142 e. The molecular weight excluding hydrogens is 418 g/mol. The van der Waals surface area contributed by atoms with E-state index in [1.165, 1.54) is 5.57 Å². The molecule has 0 radical (unpaired) electrons. The predicted octanol–water partition coefficient (Wildman–Crippen LogP) is 6.57. The van der Waals surface area contributed by atoms with Gasteiger partial charge in [-0.1, -0.05) is 53.2 Å². The normalized spacial score (nSPS) is 17.6. The molecule has 2 aliphatic rings. The van der Waals surface area contributed by atoms with Crippen LogP contribution in [0.5, 0.6) is 0 Å². The molecule has 2 rings (SSSR count). The van der Waals surface area contributed by atoms with Gasteiger partial charge in [-0.05, 0) is 84.5 Å². The largest absolute Gasteiger partial charge is 0.390 e. The molecule has 0 amide bonds. The molecular formula is C27H42ClN3O. The van der Waals surface area contributed by atoms with Crippen molar-refractivity contribution in [3.63, 3.8) is 0 Å². The number of rotatable bonds is 7. The molecule has 0 bridgehead atoms. The number of halogens is 1. The van der Waals surface area contributed by atoms with Crippen LogP contribution < -0.4 is 5.73 Å². The number of allylic oxidation sites excluding steroid dienone is 8. The lowest BCUT2D eigenvalue weighted by Crippen LogP contribution is -2.41. The van der Waals surface area contributed by atoms with Crippen LogP contribution in [0.3, 0.4) is 0 Å². The van der Waals surface area contributed by atoms with Crippen LogP contribution in [-0.4, -0.2) is 36.5 Å². The summed E-state index contributed by atoms with van der Waals surface area (Å²) in [4.78, 5) is 7.74. The van der Waals surface area contributed by atoms with Crippen molar-refractivity contribution < 1.29 is 4.84 Å². The highest BCUT2D eigenvalue weighted by Gasteiger charge is 2.23. The molecule has 0 aromatic rings. The molecule has 1 aliphatic carbocycles. The van der Waals surface area contributed by atoms with E-state index in [4.69, 9.17) is 22.2 Å². The van der Waals surface area contributed by atoms with Crippen LogP contribution in [0.15, 0.2) is 64.4 Å². The minimum Gasteiger partial charge on any atom is -0.390 e. The Labute approximate surface area is 201 Å². The average molecular weight is 460 g/mol. The minimum atomic E-state index is 0.380. The molecule has 0 atom stereocenters. The van der Waals surface area contributed by atoms with Crippen molar-refractivity contribution in [3.05, 3.63) is 59.2 Å². The standard InChI is InChI=1S/C14H27N3O.C10H11Cl.C3H4/c1-5-12(4)10-18-16-14(15)13-6-8-17(9-7-13)11(2)3;1-2-6-9-7-4-3-5-8-10(9)11;1-3-2/h5,11,13H,6-10H2,1-4H3,(H2,15,16);2-4,7-8H,1,5-6H2;1H,2H3/b12-5+;;. The van der Waals surface area contributed by atoms with Gasteiger partial charge in [0.15, 0.2) is 0 Å². The molecule has 0 unspecified atom stereocenters. The van der Waals surface area contributed by atoms with Crippen molar-refractivity contribution in [1.29, 1.82) is 0 Å². The van der Waals surface area contributed by atoms with E-state index in [-0.39, 0.29) is 0 Å². The molecule has 1 saturated heterocycles. The maximum atomic E-state index is 5.98. The molecule has 1 heterocycles. The van der Waals surface area contributed by atoms with Crippen molar-refractivity contribution in [2.75, 3.05) is 19.7 Å². The predicted molar refractivity (Wildman–Crippen MR) is 142 cm³/mol. The molecule has 32 heavy (non-hydrogen) atoms. The topological polar surface area (TPSA) is 50.9 Å². The van der Waals surface area contributed by atoms with E-state index in [0.29, 0.717) is 24.4 Å². The molecule has 1 aliphatic heterocycles. The van der Waals surface area contributed by atoms with Gasteiger partial charge in [0.05, 0.1) is 0 Å². The summed E-state index contributed by atoms with van der Waals surface area (Å²) in [7, 11) is 0. The van der Waals surface area contributed by atoms with Gasteiger partial charge in [-0.15, -0.1) is 18.9 Å². The Balaban J connectivity index is 0.000000582. The molecule has 0 aromatic carbocycles. The first-order valence-corrected chi connectivity index (χ1v) is 11.7. The van der Waals surface area contributed by atoms with Gasteiger partial charge in [0, 0.05) is 17.0 Å². The summed E-state index contributed by atoms with van der Waals surface area (Å²) in [5, 5.41) is 4.90. The third-order valence-corrected chi connectivity index (χ3v) is 5.57. The first-order valence-electron chi connectivity index (χ1n) is 11.3. The molecule has 0 saturated carbocycles. The van der Waals surface area contributed by atoms with Gasteiger partial charge in [0.25, 0.3) is 0 Å². The molecule has 0 spiro atoms. The van der Waals surface area contributed by atoms with Gasteiger partial charge in [0.2, 0.25) is 0 Å². The Kier molecular flexibility index (Phi) is 17.1. The highest BCUT2D eigenvalue weighted by Crippen LogP contribution is 2.21. The summed E-state index contributed by atoms with van der Waals surface area (Å²) < 4.78 is 0. The van der Waals surface area contributed by atoms with Crippen LogP contribution in [-0.2, 0) is 4.84 Å². The van der Waals surface area contributed by atoms with Crippen LogP contribution in [0.2, 0.25) is 0 Å².